The SMILES string of the molecule is CC(=O)c1ccc(Br)cc1N(C)C1CCCCC1O. The van der Waals surface area contributed by atoms with Crippen LogP contribution in [-0.4, -0.2) is 30.1 Å². The topological polar surface area (TPSA) is 40.5 Å². The van der Waals surface area contributed by atoms with Crippen LogP contribution in [0.1, 0.15) is 43.0 Å². The minimum absolute atomic E-state index is 0.0552. The smallest absolute Gasteiger partial charge is 0.161 e. The number of ketones is 1. The van der Waals surface area contributed by atoms with Gasteiger partial charge in [0.2, 0.25) is 0 Å². The lowest BCUT2D eigenvalue weighted by atomic mass is 9.91. The Morgan fingerprint density at radius 2 is 2.05 bits per heavy atom. The van der Waals surface area contributed by atoms with E-state index in [1.165, 1.54) is 0 Å². The standard InChI is InChI=1S/C15H20BrNO2/c1-10(18)12-8-7-11(16)9-14(12)17(2)13-5-3-4-6-15(13)19/h7-9,13,15,19H,3-6H2,1-2H3. The first kappa shape index (κ1) is 14.5. The van der Waals surface area contributed by atoms with Gasteiger partial charge in [0.05, 0.1) is 12.1 Å². The summed E-state index contributed by atoms with van der Waals surface area (Å²) in [4.78, 5) is 13.8. The number of benzene rings is 1. The Hall–Kier alpha value is -0.870. The van der Waals surface area contributed by atoms with Crippen molar-refractivity contribution in [1.29, 1.82) is 0 Å². The molecule has 2 rings (SSSR count). The number of hydrogen-bond acceptors (Lipinski definition) is 3. The van der Waals surface area contributed by atoms with Gasteiger partial charge in [0.15, 0.2) is 5.78 Å². The first-order valence-corrected chi connectivity index (χ1v) is 7.51. The summed E-state index contributed by atoms with van der Waals surface area (Å²) in [6.45, 7) is 1.58. The van der Waals surface area contributed by atoms with Crippen molar-refractivity contribution in [1.82, 2.24) is 0 Å². The molecule has 0 aromatic heterocycles. The number of halogens is 1. The Bertz CT molecular complexity index is 475. The van der Waals surface area contributed by atoms with Crippen LogP contribution in [0, 0.1) is 0 Å². The highest BCUT2D eigenvalue weighted by molar-refractivity contribution is 9.10. The van der Waals surface area contributed by atoms with Crippen LogP contribution in [0.4, 0.5) is 5.69 Å². The molecule has 2 atom stereocenters. The maximum absolute atomic E-state index is 11.7. The summed E-state index contributed by atoms with van der Waals surface area (Å²) in [7, 11) is 1.97. The Kier molecular flexibility index (Phi) is 4.63. The minimum atomic E-state index is -0.308. The second-order valence-corrected chi connectivity index (χ2v) is 6.16. The zero-order chi connectivity index (χ0) is 14.0. The van der Waals surface area contributed by atoms with Crippen molar-refractivity contribution in [3.05, 3.63) is 28.2 Å². The predicted molar refractivity (Wildman–Crippen MR) is 80.8 cm³/mol. The Morgan fingerprint density at radius 3 is 2.68 bits per heavy atom. The fraction of sp³-hybridized carbons (Fsp3) is 0.533. The summed E-state index contributed by atoms with van der Waals surface area (Å²) < 4.78 is 0.949. The van der Waals surface area contributed by atoms with E-state index in [4.69, 9.17) is 0 Å². The van der Waals surface area contributed by atoms with E-state index in [0.29, 0.717) is 5.56 Å². The highest BCUT2D eigenvalue weighted by Crippen LogP contribution is 2.31. The third-order valence-corrected chi connectivity index (χ3v) is 4.40. The Morgan fingerprint density at radius 1 is 1.37 bits per heavy atom. The number of aliphatic hydroxyl groups is 1. The van der Waals surface area contributed by atoms with Crippen molar-refractivity contribution in [2.75, 3.05) is 11.9 Å². The molecule has 3 nitrogen and oxygen atoms in total. The van der Waals surface area contributed by atoms with Crippen LogP contribution in [0.5, 0.6) is 0 Å². The molecule has 0 spiro atoms. The van der Waals surface area contributed by atoms with Gasteiger partial charge >= 0.3 is 0 Å². The molecule has 0 bridgehead atoms. The molecule has 4 heteroatoms. The third-order valence-electron chi connectivity index (χ3n) is 3.91. The van der Waals surface area contributed by atoms with Gasteiger partial charge in [-0.1, -0.05) is 28.8 Å². The summed E-state index contributed by atoms with van der Waals surface area (Å²) in [5, 5.41) is 10.2. The largest absolute Gasteiger partial charge is 0.391 e. The molecular formula is C15H20BrNO2. The molecular weight excluding hydrogens is 306 g/mol. The monoisotopic (exact) mass is 325 g/mol. The molecule has 1 aliphatic carbocycles. The number of likely N-dealkylation sites (N-methyl/N-ethyl adjacent to an activating group) is 1. The van der Waals surface area contributed by atoms with Gasteiger partial charge in [0.25, 0.3) is 0 Å². The molecule has 0 saturated heterocycles. The number of aliphatic hydroxyl groups excluding tert-OH is 1. The number of hydrogen-bond donors (Lipinski definition) is 1. The van der Waals surface area contributed by atoms with Crippen LogP contribution in [0.2, 0.25) is 0 Å². The third kappa shape index (κ3) is 3.18. The average Bonchev–Trinajstić information content (AvgIpc) is 2.38. The maximum Gasteiger partial charge on any atom is 0.161 e. The second kappa shape index (κ2) is 6.06. The van der Waals surface area contributed by atoms with Gasteiger partial charge in [-0.05, 0) is 38.0 Å². The zero-order valence-electron chi connectivity index (χ0n) is 11.4. The molecule has 0 amide bonds. The van der Waals surface area contributed by atoms with Crippen molar-refractivity contribution in [2.45, 2.75) is 44.8 Å². The summed E-state index contributed by atoms with van der Waals surface area (Å²) >= 11 is 3.45. The fourth-order valence-electron chi connectivity index (χ4n) is 2.82. The lowest BCUT2D eigenvalue weighted by Gasteiger charge is -2.37. The van der Waals surface area contributed by atoms with Crippen LogP contribution in [-0.2, 0) is 0 Å². The Labute approximate surface area is 122 Å². The van der Waals surface area contributed by atoms with E-state index in [2.05, 4.69) is 20.8 Å². The van der Waals surface area contributed by atoms with Gasteiger partial charge in [-0.2, -0.15) is 0 Å². The quantitative estimate of drug-likeness (QED) is 0.866. The van der Waals surface area contributed by atoms with Crippen LogP contribution in [0.15, 0.2) is 22.7 Å². The highest BCUT2D eigenvalue weighted by Gasteiger charge is 2.28. The number of carbonyl (C=O) groups is 1. The van der Waals surface area contributed by atoms with E-state index >= 15 is 0 Å². The lowest BCUT2D eigenvalue weighted by molar-refractivity contribution is 0.100. The van der Waals surface area contributed by atoms with E-state index in [1.807, 2.05) is 25.2 Å². The van der Waals surface area contributed by atoms with Crippen LogP contribution >= 0.6 is 15.9 Å². The molecule has 0 aliphatic heterocycles. The number of carbonyl (C=O) groups excluding carboxylic acids is 1. The molecule has 2 unspecified atom stereocenters. The molecule has 0 heterocycles. The second-order valence-electron chi connectivity index (χ2n) is 5.25. The van der Waals surface area contributed by atoms with Gasteiger partial charge in [0, 0.05) is 22.8 Å². The normalized spacial score (nSPS) is 23.2. The summed E-state index contributed by atoms with van der Waals surface area (Å²) in [5.74, 6) is 0.0552. The van der Waals surface area contributed by atoms with E-state index in [0.717, 1.165) is 35.8 Å². The van der Waals surface area contributed by atoms with Gasteiger partial charge < -0.3 is 10.0 Å². The molecule has 19 heavy (non-hydrogen) atoms. The molecule has 104 valence electrons. The molecule has 1 N–H and O–H groups in total. The molecule has 1 aliphatic rings. The van der Waals surface area contributed by atoms with Crippen LogP contribution in [0.25, 0.3) is 0 Å². The van der Waals surface area contributed by atoms with Crippen LogP contribution in [0.3, 0.4) is 0 Å². The van der Waals surface area contributed by atoms with Crippen molar-refractivity contribution in [3.8, 4) is 0 Å². The van der Waals surface area contributed by atoms with E-state index in [9.17, 15) is 9.90 Å². The first-order valence-electron chi connectivity index (χ1n) is 6.72. The first-order chi connectivity index (χ1) is 9.00. The molecule has 0 radical (unpaired) electrons. The van der Waals surface area contributed by atoms with Crippen molar-refractivity contribution < 1.29 is 9.90 Å². The highest BCUT2D eigenvalue weighted by atomic mass is 79.9. The van der Waals surface area contributed by atoms with E-state index in [-0.39, 0.29) is 17.9 Å². The Balaban J connectivity index is 2.34. The molecule has 1 fully saturated rings. The number of anilines is 1. The van der Waals surface area contributed by atoms with Gasteiger partial charge in [0.1, 0.15) is 0 Å². The fourth-order valence-corrected chi connectivity index (χ4v) is 3.17. The zero-order valence-corrected chi connectivity index (χ0v) is 13.0. The summed E-state index contributed by atoms with van der Waals surface area (Å²) in [6.07, 6.45) is 3.73. The predicted octanol–water partition coefficient (Wildman–Crippen LogP) is 3.39. The minimum Gasteiger partial charge on any atom is -0.391 e. The molecule has 1 aromatic carbocycles. The summed E-state index contributed by atoms with van der Waals surface area (Å²) in [6, 6.07) is 5.78. The van der Waals surface area contributed by atoms with E-state index in [1.54, 1.807) is 6.92 Å². The van der Waals surface area contributed by atoms with E-state index < -0.39 is 0 Å². The van der Waals surface area contributed by atoms with Crippen molar-refractivity contribution >= 4 is 27.4 Å². The van der Waals surface area contributed by atoms with Crippen molar-refractivity contribution in [3.63, 3.8) is 0 Å². The van der Waals surface area contributed by atoms with Crippen LogP contribution < -0.4 is 4.90 Å². The summed E-state index contributed by atoms with van der Waals surface area (Å²) in [5.41, 5.74) is 1.61. The molecule has 1 saturated carbocycles. The number of rotatable bonds is 3. The molecule has 1 aromatic rings. The average molecular weight is 326 g/mol. The number of nitrogens with zero attached hydrogens (tertiary/aromatic N) is 1. The van der Waals surface area contributed by atoms with Gasteiger partial charge in [-0.25, -0.2) is 0 Å². The lowest BCUT2D eigenvalue weighted by Crippen LogP contribution is -2.44. The van der Waals surface area contributed by atoms with Gasteiger partial charge in [-0.3, -0.25) is 4.79 Å². The van der Waals surface area contributed by atoms with Gasteiger partial charge in [-0.15, -0.1) is 0 Å². The van der Waals surface area contributed by atoms with Crippen molar-refractivity contribution in [2.24, 2.45) is 0 Å². The number of Topliss-reactive ketones (excluding diaryl/α,β-unsaturated/α-hetero) is 1. The maximum atomic E-state index is 11.7.